The zero-order valence-electron chi connectivity index (χ0n) is 19.6. The van der Waals surface area contributed by atoms with Crippen LogP contribution >= 0.6 is 0 Å². The summed E-state index contributed by atoms with van der Waals surface area (Å²) in [6.07, 6.45) is 2.18. The number of hydrogen-bond acceptors (Lipinski definition) is 4. The molecular formula is C29H30N4O. The maximum absolute atomic E-state index is 13.4. The highest BCUT2D eigenvalue weighted by Gasteiger charge is 2.23. The lowest BCUT2D eigenvalue weighted by Crippen LogP contribution is -2.38. The van der Waals surface area contributed by atoms with Crippen molar-refractivity contribution in [1.82, 2.24) is 20.4 Å². The summed E-state index contributed by atoms with van der Waals surface area (Å²) in [7, 11) is 0. The van der Waals surface area contributed by atoms with Crippen LogP contribution in [0, 0.1) is 12.8 Å². The Bertz CT molecular complexity index is 1280. The molecule has 1 saturated heterocycles. The van der Waals surface area contributed by atoms with E-state index in [1.165, 1.54) is 11.1 Å². The van der Waals surface area contributed by atoms with Gasteiger partial charge in [-0.1, -0.05) is 72.8 Å². The second-order valence-corrected chi connectivity index (χ2v) is 9.16. The number of hydrogen-bond donors (Lipinski definition) is 1. The molecular weight excluding hydrogens is 420 g/mol. The summed E-state index contributed by atoms with van der Waals surface area (Å²) in [6, 6.07) is 26.2. The highest BCUT2D eigenvalue weighted by molar-refractivity contribution is 6.10. The van der Waals surface area contributed by atoms with Crippen LogP contribution < -0.4 is 5.32 Å². The minimum Gasteiger partial charge on any atom is -0.352 e. The number of benzene rings is 3. The third-order valence-corrected chi connectivity index (χ3v) is 6.86. The molecule has 0 radical (unpaired) electrons. The van der Waals surface area contributed by atoms with Crippen LogP contribution in [0.15, 0.2) is 78.9 Å². The van der Waals surface area contributed by atoms with E-state index in [1.807, 2.05) is 54.6 Å². The molecule has 4 aromatic rings. The van der Waals surface area contributed by atoms with E-state index in [1.54, 1.807) is 0 Å². The molecule has 1 fully saturated rings. The molecule has 3 aromatic carbocycles. The predicted molar refractivity (Wildman–Crippen MR) is 136 cm³/mol. The van der Waals surface area contributed by atoms with Crippen molar-refractivity contribution in [2.45, 2.75) is 26.3 Å². The Morgan fingerprint density at radius 2 is 1.62 bits per heavy atom. The van der Waals surface area contributed by atoms with Gasteiger partial charge in [0.2, 0.25) is 0 Å². The average molecular weight is 451 g/mol. The summed E-state index contributed by atoms with van der Waals surface area (Å²) < 4.78 is 0. The molecule has 0 saturated carbocycles. The van der Waals surface area contributed by atoms with E-state index in [2.05, 4.69) is 51.6 Å². The Morgan fingerprint density at radius 3 is 2.41 bits per heavy atom. The molecule has 5 nitrogen and oxygen atoms in total. The van der Waals surface area contributed by atoms with Crippen molar-refractivity contribution in [2.24, 2.45) is 5.92 Å². The first kappa shape index (κ1) is 22.2. The van der Waals surface area contributed by atoms with E-state index in [0.29, 0.717) is 23.7 Å². The van der Waals surface area contributed by atoms with Gasteiger partial charge in [0.1, 0.15) is 5.69 Å². The molecule has 1 amide bonds. The van der Waals surface area contributed by atoms with Crippen molar-refractivity contribution in [1.29, 1.82) is 0 Å². The highest BCUT2D eigenvalue weighted by Crippen LogP contribution is 2.27. The van der Waals surface area contributed by atoms with Gasteiger partial charge in [-0.3, -0.25) is 9.69 Å². The van der Waals surface area contributed by atoms with Crippen molar-refractivity contribution in [3.8, 4) is 11.3 Å². The van der Waals surface area contributed by atoms with E-state index >= 15 is 0 Å². The Kier molecular flexibility index (Phi) is 6.63. The fourth-order valence-electron chi connectivity index (χ4n) is 4.78. The second-order valence-electron chi connectivity index (χ2n) is 9.16. The molecule has 1 aliphatic rings. The minimum atomic E-state index is -0.0766. The smallest absolute Gasteiger partial charge is 0.254 e. The van der Waals surface area contributed by atoms with Crippen molar-refractivity contribution in [3.63, 3.8) is 0 Å². The number of carbonyl (C=O) groups is 1. The fraction of sp³-hybridized carbons (Fsp3) is 0.276. The number of piperidine rings is 1. The fourth-order valence-corrected chi connectivity index (χ4v) is 4.78. The third-order valence-electron chi connectivity index (χ3n) is 6.86. The molecule has 2 heterocycles. The van der Waals surface area contributed by atoms with Gasteiger partial charge >= 0.3 is 0 Å². The molecule has 34 heavy (non-hydrogen) atoms. The number of nitrogens with zero attached hydrogens (tertiary/aromatic N) is 3. The van der Waals surface area contributed by atoms with Gasteiger partial charge in [0.15, 0.2) is 0 Å². The maximum atomic E-state index is 13.4. The second kappa shape index (κ2) is 10.1. The molecule has 0 spiro atoms. The maximum Gasteiger partial charge on any atom is 0.254 e. The zero-order chi connectivity index (χ0) is 23.3. The average Bonchev–Trinajstić information content (AvgIpc) is 2.89. The number of rotatable bonds is 6. The number of fused-ring (bicyclic) bond motifs is 1. The summed E-state index contributed by atoms with van der Waals surface area (Å²) in [5.41, 5.74) is 5.62. The summed E-state index contributed by atoms with van der Waals surface area (Å²) in [5, 5.41) is 12.9. The number of aryl methyl sites for hydroxylation is 1. The third kappa shape index (κ3) is 4.85. The van der Waals surface area contributed by atoms with Gasteiger partial charge in [-0.05, 0) is 56.0 Å². The minimum absolute atomic E-state index is 0.0766. The SMILES string of the molecule is Cc1ccccc1CN1CCC(CNC(=O)c2c(-c3ccccc3)nnc3ccccc23)CC1. The number of aromatic nitrogens is 2. The number of nitrogens with one attached hydrogen (secondary N) is 1. The Morgan fingerprint density at radius 1 is 0.912 bits per heavy atom. The van der Waals surface area contributed by atoms with Gasteiger partial charge in [0.25, 0.3) is 5.91 Å². The Balaban J connectivity index is 1.26. The lowest BCUT2D eigenvalue weighted by Gasteiger charge is -2.32. The quantitative estimate of drug-likeness (QED) is 0.436. The summed E-state index contributed by atoms with van der Waals surface area (Å²) in [4.78, 5) is 16.0. The normalized spacial score (nSPS) is 14.9. The molecule has 0 atom stereocenters. The van der Waals surface area contributed by atoms with Crippen LogP contribution in [0.3, 0.4) is 0 Å². The van der Waals surface area contributed by atoms with Gasteiger partial charge in [0.05, 0.1) is 11.1 Å². The number of likely N-dealkylation sites (tertiary alicyclic amines) is 1. The molecule has 0 aliphatic carbocycles. The molecule has 0 unspecified atom stereocenters. The van der Waals surface area contributed by atoms with E-state index in [0.717, 1.165) is 48.9 Å². The topological polar surface area (TPSA) is 58.1 Å². The van der Waals surface area contributed by atoms with E-state index in [-0.39, 0.29) is 5.91 Å². The van der Waals surface area contributed by atoms with Crippen molar-refractivity contribution in [3.05, 3.63) is 95.6 Å². The molecule has 1 aromatic heterocycles. The van der Waals surface area contributed by atoms with Crippen LogP contribution in [-0.2, 0) is 6.54 Å². The van der Waals surface area contributed by atoms with Crippen LogP contribution in [0.25, 0.3) is 22.2 Å². The molecule has 1 aliphatic heterocycles. The van der Waals surface area contributed by atoms with E-state index < -0.39 is 0 Å². The summed E-state index contributed by atoms with van der Waals surface area (Å²) >= 11 is 0. The number of carbonyl (C=O) groups excluding carboxylic acids is 1. The van der Waals surface area contributed by atoms with Gasteiger partial charge in [-0.25, -0.2) is 0 Å². The predicted octanol–water partition coefficient (Wildman–Crippen LogP) is 5.25. The first-order chi connectivity index (χ1) is 16.7. The van der Waals surface area contributed by atoms with Gasteiger partial charge in [0, 0.05) is 24.0 Å². The number of amides is 1. The van der Waals surface area contributed by atoms with Crippen LogP contribution in [-0.4, -0.2) is 40.6 Å². The van der Waals surface area contributed by atoms with E-state index in [9.17, 15) is 4.79 Å². The lowest BCUT2D eigenvalue weighted by atomic mass is 9.95. The molecule has 1 N–H and O–H groups in total. The van der Waals surface area contributed by atoms with Crippen molar-refractivity contribution in [2.75, 3.05) is 19.6 Å². The summed E-state index contributed by atoms with van der Waals surface area (Å²) in [6.45, 7) is 5.98. The van der Waals surface area contributed by atoms with Crippen LogP contribution in [0.4, 0.5) is 0 Å². The summed E-state index contributed by atoms with van der Waals surface area (Å²) in [5.74, 6) is 0.408. The van der Waals surface area contributed by atoms with Gasteiger partial charge in [-0.2, -0.15) is 0 Å². The monoisotopic (exact) mass is 450 g/mol. The molecule has 5 rings (SSSR count). The highest BCUT2D eigenvalue weighted by atomic mass is 16.1. The van der Waals surface area contributed by atoms with Crippen molar-refractivity contribution >= 4 is 16.8 Å². The molecule has 5 heteroatoms. The van der Waals surface area contributed by atoms with E-state index in [4.69, 9.17) is 0 Å². The van der Waals surface area contributed by atoms with Crippen molar-refractivity contribution < 1.29 is 4.79 Å². The van der Waals surface area contributed by atoms with Gasteiger partial charge < -0.3 is 5.32 Å². The standard InChI is InChI=1S/C29H30N4O/c1-21-9-5-6-12-24(21)20-33-17-15-22(16-18-33)19-30-29(34)27-25-13-7-8-14-26(25)31-32-28(27)23-10-3-2-4-11-23/h2-14,22H,15-20H2,1H3,(H,30,34). The first-order valence-corrected chi connectivity index (χ1v) is 12.0. The Hall–Kier alpha value is -3.57. The molecule has 0 bridgehead atoms. The largest absolute Gasteiger partial charge is 0.352 e. The van der Waals surface area contributed by atoms with Crippen LogP contribution in [0.1, 0.15) is 34.3 Å². The molecule has 172 valence electrons. The van der Waals surface area contributed by atoms with Gasteiger partial charge in [-0.15, -0.1) is 10.2 Å². The lowest BCUT2D eigenvalue weighted by molar-refractivity contribution is 0.0937. The van der Waals surface area contributed by atoms with Crippen LogP contribution in [0.2, 0.25) is 0 Å². The van der Waals surface area contributed by atoms with Crippen LogP contribution in [0.5, 0.6) is 0 Å². The Labute approximate surface area is 200 Å². The zero-order valence-corrected chi connectivity index (χ0v) is 19.6. The first-order valence-electron chi connectivity index (χ1n) is 12.0.